The van der Waals surface area contributed by atoms with Crippen LogP contribution in [0.3, 0.4) is 0 Å². The van der Waals surface area contributed by atoms with Crippen LogP contribution in [0.5, 0.6) is 5.75 Å². The van der Waals surface area contributed by atoms with Crippen molar-refractivity contribution in [1.29, 1.82) is 0 Å². The minimum Gasteiger partial charge on any atom is -0.497 e. The first-order valence-corrected chi connectivity index (χ1v) is 7.94. The molecule has 1 atom stereocenters. The van der Waals surface area contributed by atoms with Crippen molar-refractivity contribution in [3.8, 4) is 5.75 Å². The summed E-state index contributed by atoms with van der Waals surface area (Å²) < 4.78 is 5.11. The van der Waals surface area contributed by atoms with Crippen molar-refractivity contribution >= 4 is 5.91 Å². The first-order chi connectivity index (χ1) is 10.7. The number of benzene rings is 1. The summed E-state index contributed by atoms with van der Waals surface area (Å²) in [5.41, 5.74) is 0.990. The van der Waals surface area contributed by atoms with Gasteiger partial charge in [0.1, 0.15) is 5.75 Å². The van der Waals surface area contributed by atoms with E-state index in [4.69, 9.17) is 9.84 Å². The second-order valence-corrected chi connectivity index (χ2v) is 5.86. The van der Waals surface area contributed by atoms with E-state index in [9.17, 15) is 4.79 Å². The van der Waals surface area contributed by atoms with Crippen molar-refractivity contribution in [2.45, 2.75) is 19.3 Å². The molecule has 122 valence electrons. The SMILES string of the molecule is COc1ccc(CC(=O)NC[C@H]2CCCN(CCO)C2)cc1. The molecule has 1 heterocycles. The summed E-state index contributed by atoms with van der Waals surface area (Å²) in [6, 6.07) is 7.58. The number of amides is 1. The number of methoxy groups -OCH3 is 1. The molecule has 2 rings (SSSR count). The van der Waals surface area contributed by atoms with Gasteiger partial charge in [-0.3, -0.25) is 4.79 Å². The van der Waals surface area contributed by atoms with Crippen molar-refractivity contribution in [3.05, 3.63) is 29.8 Å². The van der Waals surface area contributed by atoms with Crippen LogP contribution in [-0.2, 0) is 11.2 Å². The van der Waals surface area contributed by atoms with E-state index >= 15 is 0 Å². The van der Waals surface area contributed by atoms with Gasteiger partial charge in [-0.05, 0) is 43.0 Å². The van der Waals surface area contributed by atoms with E-state index in [0.29, 0.717) is 12.3 Å². The highest BCUT2D eigenvalue weighted by atomic mass is 16.5. The van der Waals surface area contributed by atoms with Gasteiger partial charge in [0, 0.05) is 19.6 Å². The topological polar surface area (TPSA) is 61.8 Å². The van der Waals surface area contributed by atoms with Crippen molar-refractivity contribution < 1.29 is 14.6 Å². The summed E-state index contributed by atoms with van der Waals surface area (Å²) in [7, 11) is 1.63. The molecule has 1 fully saturated rings. The fourth-order valence-electron chi connectivity index (χ4n) is 2.91. The Balaban J connectivity index is 1.72. The number of piperidine rings is 1. The van der Waals surface area contributed by atoms with Crippen LogP contribution in [0, 0.1) is 5.92 Å². The molecule has 0 radical (unpaired) electrons. The van der Waals surface area contributed by atoms with Crippen LogP contribution in [0.1, 0.15) is 18.4 Å². The normalized spacial score (nSPS) is 18.9. The maximum atomic E-state index is 12.0. The number of nitrogens with zero attached hydrogens (tertiary/aromatic N) is 1. The Morgan fingerprint density at radius 2 is 2.18 bits per heavy atom. The Labute approximate surface area is 132 Å². The third-order valence-electron chi connectivity index (χ3n) is 4.13. The molecule has 0 bridgehead atoms. The third-order valence-corrected chi connectivity index (χ3v) is 4.13. The molecule has 0 aliphatic carbocycles. The van der Waals surface area contributed by atoms with Crippen LogP contribution < -0.4 is 10.1 Å². The van der Waals surface area contributed by atoms with Gasteiger partial charge in [-0.15, -0.1) is 0 Å². The van der Waals surface area contributed by atoms with Crippen LogP contribution in [0.15, 0.2) is 24.3 Å². The number of ether oxygens (including phenoxy) is 1. The smallest absolute Gasteiger partial charge is 0.224 e. The van der Waals surface area contributed by atoms with Gasteiger partial charge >= 0.3 is 0 Å². The van der Waals surface area contributed by atoms with Gasteiger partial charge in [-0.2, -0.15) is 0 Å². The monoisotopic (exact) mass is 306 g/mol. The Morgan fingerprint density at radius 1 is 1.41 bits per heavy atom. The second-order valence-electron chi connectivity index (χ2n) is 5.86. The molecule has 0 spiro atoms. The Bertz CT molecular complexity index is 459. The summed E-state index contributed by atoms with van der Waals surface area (Å²) in [4.78, 5) is 14.3. The van der Waals surface area contributed by atoms with E-state index in [1.165, 1.54) is 0 Å². The van der Waals surface area contributed by atoms with Crippen LogP contribution in [0.4, 0.5) is 0 Å². The Morgan fingerprint density at radius 3 is 2.86 bits per heavy atom. The molecule has 0 saturated carbocycles. The summed E-state index contributed by atoms with van der Waals surface area (Å²) in [6.45, 7) is 3.67. The zero-order valence-corrected chi connectivity index (χ0v) is 13.3. The molecular weight excluding hydrogens is 280 g/mol. The molecular formula is C17H26N2O3. The zero-order chi connectivity index (χ0) is 15.8. The lowest BCUT2D eigenvalue weighted by Gasteiger charge is -2.32. The summed E-state index contributed by atoms with van der Waals surface area (Å²) in [6.07, 6.45) is 2.68. The highest BCUT2D eigenvalue weighted by Gasteiger charge is 2.19. The van der Waals surface area contributed by atoms with E-state index in [1.54, 1.807) is 7.11 Å². The molecule has 1 aromatic rings. The van der Waals surface area contributed by atoms with E-state index in [2.05, 4.69) is 10.2 Å². The number of hydrogen-bond acceptors (Lipinski definition) is 4. The number of aliphatic hydroxyl groups is 1. The standard InChI is InChI=1S/C17H26N2O3/c1-22-16-6-4-14(5-7-16)11-17(21)18-12-15-3-2-8-19(13-15)9-10-20/h4-7,15,20H,2-3,8-13H2,1H3,(H,18,21)/t15-/m1/s1. The number of aliphatic hydroxyl groups excluding tert-OH is 1. The molecule has 2 N–H and O–H groups in total. The number of likely N-dealkylation sites (tertiary alicyclic amines) is 1. The lowest BCUT2D eigenvalue weighted by atomic mass is 9.98. The van der Waals surface area contributed by atoms with Crippen molar-refractivity contribution in [1.82, 2.24) is 10.2 Å². The molecule has 0 unspecified atom stereocenters. The first-order valence-electron chi connectivity index (χ1n) is 7.94. The molecule has 1 aliphatic rings. The highest BCUT2D eigenvalue weighted by molar-refractivity contribution is 5.78. The predicted molar refractivity (Wildman–Crippen MR) is 86.0 cm³/mol. The number of hydrogen-bond donors (Lipinski definition) is 2. The summed E-state index contributed by atoms with van der Waals surface area (Å²) in [5, 5.41) is 12.0. The Kier molecular flexibility index (Phi) is 6.68. The Hall–Kier alpha value is -1.59. The maximum Gasteiger partial charge on any atom is 0.224 e. The quantitative estimate of drug-likeness (QED) is 0.791. The minimum atomic E-state index is 0.0597. The van der Waals surface area contributed by atoms with Crippen molar-refractivity contribution in [2.75, 3.05) is 39.9 Å². The van der Waals surface area contributed by atoms with Gasteiger partial charge < -0.3 is 20.1 Å². The van der Waals surface area contributed by atoms with Gasteiger partial charge in [-0.1, -0.05) is 12.1 Å². The fourth-order valence-corrected chi connectivity index (χ4v) is 2.91. The lowest BCUT2D eigenvalue weighted by molar-refractivity contribution is -0.120. The van der Waals surface area contributed by atoms with Gasteiger partial charge in [0.25, 0.3) is 0 Å². The molecule has 22 heavy (non-hydrogen) atoms. The molecule has 1 saturated heterocycles. The summed E-state index contributed by atoms with van der Waals surface area (Å²) in [5.74, 6) is 1.35. The van der Waals surface area contributed by atoms with Gasteiger partial charge in [0.15, 0.2) is 0 Å². The average molecular weight is 306 g/mol. The van der Waals surface area contributed by atoms with Crippen molar-refractivity contribution in [3.63, 3.8) is 0 Å². The van der Waals surface area contributed by atoms with Crippen LogP contribution in [-0.4, -0.2) is 55.8 Å². The lowest BCUT2D eigenvalue weighted by Crippen LogP contribution is -2.42. The first kappa shape index (κ1) is 16.8. The van der Waals surface area contributed by atoms with E-state index in [0.717, 1.165) is 50.3 Å². The number of carbonyl (C=O) groups excluding carboxylic acids is 1. The largest absolute Gasteiger partial charge is 0.497 e. The zero-order valence-electron chi connectivity index (χ0n) is 13.3. The molecule has 5 nitrogen and oxygen atoms in total. The molecule has 1 amide bonds. The molecule has 0 aromatic heterocycles. The van der Waals surface area contributed by atoms with Gasteiger partial charge in [0.05, 0.1) is 20.1 Å². The fraction of sp³-hybridized carbons (Fsp3) is 0.588. The summed E-state index contributed by atoms with van der Waals surface area (Å²) >= 11 is 0. The van der Waals surface area contributed by atoms with E-state index in [1.807, 2.05) is 24.3 Å². The third kappa shape index (κ3) is 5.31. The number of carbonyl (C=O) groups is 1. The van der Waals surface area contributed by atoms with E-state index < -0.39 is 0 Å². The van der Waals surface area contributed by atoms with Crippen LogP contribution >= 0.6 is 0 Å². The average Bonchev–Trinajstić information content (AvgIpc) is 2.54. The number of β-amino-alcohol motifs (C(OH)–C–C–N with tert-alkyl or cyclic N) is 1. The van der Waals surface area contributed by atoms with Crippen molar-refractivity contribution in [2.24, 2.45) is 5.92 Å². The maximum absolute atomic E-state index is 12.0. The van der Waals surface area contributed by atoms with Crippen LogP contribution in [0.2, 0.25) is 0 Å². The second kappa shape index (κ2) is 8.76. The molecule has 1 aliphatic heterocycles. The molecule has 1 aromatic carbocycles. The van der Waals surface area contributed by atoms with Crippen LogP contribution in [0.25, 0.3) is 0 Å². The highest BCUT2D eigenvalue weighted by Crippen LogP contribution is 2.15. The minimum absolute atomic E-state index is 0.0597. The number of nitrogens with one attached hydrogen (secondary N) is 1. The number of rotatable bonds is 7. The van der Waals surface area contributed by atoms with Gasteiger partial charge in [-0.25, -0.2) is 0 Å². The predicted octanol–water partition coefficient (Wildman–Crippen LogP) is 1.06. The molecule has 5 heteroatoms. The van der Waals surface area contributed by atoms with E-state index in [-0.39, 0.29) is 12.5 Å². The van der Waals surface area contributed by atoms with Gasteiger partial charge in [0.2, 0.25) is 5.91 Å².